The van der Waals surface area contributed by atoms with Gasteiger partial charge in [0.1, 0.15) is 0 Å². The number of methoxy groups -OCH3 is 1. The molecule has 7 nitrogen and oxygen atoms in total. The fourth-order valence-corrected chi connectivity index (χ4v) is 4.53. The Labute approximate surface area is 189 Å². The average molecular weight is 441 g/mol. The minimum Gasteiger partial charge on any atom is -0.494 e. The van der Waals surface area contributed by atoms with Crippen LogP contribution in [0.25, 0.3) is 0 Å². The number of benzene rings is 1. The SMILES string of the molecule is C=C1CCCC(Nc2nc(NCC3CCCCC3)nc(Nc3ccc(OC)c(F)c3)n2)C1. The Morgan fingerprint density at radius 3 is 2.56 bits per heavy atom. The molecule has 2 fully saturated rings. The molecular weight excluding hydrogens is 407 g/mol. The van der Waals surface area contributed by atoms with E-state index in [0.717, 1.165) is 32.2 Å². The lowest BCUT2D eigenvalue weighted by atomic mass is 9.89. The second-order valence-corrected chi connectivity index (χ2v) is 8.85. The number of nitrogens with one attached hydrogen (secondary N) is 3. The van der Waals surface area contributed by atoms with Crippen LogP contribution in [0.2, 0.25) is 0 Å². The van der Waals surface area contributed by atoms with E-state index in [-0.39, 0.29) is 11.8 Å². The maximum Gasteiger partial charge on any atom is 0.233 e. The molecule has 1 atom stereocenters. The van der Waals surface area contributed by atoms with E-state index in [1.165, 1.54) is 50.9 Å². The zero-order valence-corrected chi connectivity index (χ0v) is 18.8. The molecule has 8 heteroatoms. The van der Waals surface area contributed by atoms with Crippen molar-refractivity contribution in [2.24, 2.45) is 5.92 Å². The van der Waals surface area contributed by atoms with Gasteiger partial charge in [0, 0.05) is 24.3 Å². The van der Waals surface area contributed by atoms with Gasteiger partial charge in [-0.25, -0.2) is 4.39 Å². The third kappa shape index (κ3) is 6.08. The number of aromatic nitrogens is 3. The van der Waals surface area contributed by atoms with Gasteiger partial charge in [-0.2, -0.15) is 15.0 Å². The van der Waals surface area contributed by atoms with Gasteiger partial charge in [-0.3, -0.25) is 0 Å². The van der Waals surface area contributed by atoms with Crippen molar-refractivity contribution in [2.45, 2.75) is 63.8 Å². The van der Waals surface area contributed by atoms with E-state index >= 15 is 0 Å². The van der Waals surface area contributed by atoms with Gasteiger partial charge in [0.25, 0.3) is 0 Å². The Morgan fingerprint density at radius 1 is 1.03 bits per heavy atom. The Hall–Kier alpha value is -2.90. The summed E-state index contributed by atoms with van der Waals surface area (Å²) in [6.07, 6.45) is 10.6. The third-order valence-electron chi connectivity index (χ3n) is 6.27. The van der Waals surface area contributed by atoms with Gasteiger partial charge in [-0.15, -0.1) is 0 Å². The van der Waals surface area contributed by atoms with Gasteiger partial charge in [0.2, 0.25) is 17.8 Å². The van der Waals surface area contributed by atoms with Gasteiger partial charge in [-0.05, 0) is 56.6 Å². The molecule has 2 saturated carbocycles. The standard InChI is InChI=1S/C24H33FN6O/c1-16-7-6-10-18(13-16)27-23-29-22(26-15-17-8-4-3-5-9-17)30-24(31-23)28-19-11-12-21(32-2)20(25)14-19/h11-12,14,17-18H,1,3-10,13,15H2,2H3,(H3,26,27,28,29,30,31). The monoisotopic (exact) mass is 440 g/mol. The van der Waals surface area contributed by atoms with E-state index in [2.05, 4.69) is 37.5 Å². The first-order valence-electron chi connectivity index (χ1n) is 11.6. The van der Waals surface area contributed by atoms with E-state index < -0.39 is 5.82 Å². The van der Waals surface area contributed by atoms with Crippen LogP contribution >= 0.6 is 0 Å². The summed E-state index contributed by atoms with van der Waals surface area (Å²) in [7, 11) is 1.44. The molecule has 4 rings (SSSR count). The van der Waals surface area contributed by atoms with E-state index in [1.807, 2.05) is 0 Å². The van der Waals surface area contributed by atoms with Gasteiger partial charge < -0.3 is 20.7 Å². The van der Waals surface area contributed by atoms with Crippen LogP contribution in [-0.2, 0) is 0 Å². The van der Waals surface area contributed by atoms with Crippen molar-refractivity contribution in [3.63, 3.8) is 0 Å². The summed E-state index contributed by atoms with van der Waals surface area (Å²) in [6, 6.07) is 4.94. The zero-order valence-electron chi connectivity index (χ0n) is 18.8. The highest BCUT2D eigenvalue weighted by Gasteiger charge is 2.19. The lowest BCUT2D eigenvalue weighted by Crippen LogP contribution is -2.25. The van der Waals surface area contributed by atoms with Crippen LogP contribution in [0.3, 0.4) is 0 Å². The van der Waals surface area contributed by atoms with Crippen molar-refractivity contribution in [2.75, 3.05) is 29.6 Å². The fraction of sp³-hybridized carbons (Fsp3) is 0.542. The molecule has 2 aliphatic carbocycles. The van der Waals surface area contributed by atoms with Crippen LogP contribution in [0.4, 0.5) is 27.9 Å². The second kappa shape index (κ2) is 10.6. The summed E-state index contributed by atoms with van der Waals surface area (Å²) < 4.78 is 19.1. The molecule has 172 valence electrons. The van der Waals surface area contributed by atoms with Crippen LogP contribution in [0.15, 0.2) is 30.4 Å². The molecular formula is C24H33FN6O. The van der Waals surface area contributed by atoms with Crippen LogP contribution in [0, 0.1) is 11.7 Å². The predicted molar refractivity (Wildman–Crippen MR) is 126 cm³/mol. The van der Waals surface area contributed by atoms with Crippen molar-refractivity contribution < 1.29 is 9.13 Å². The molecule has 1 heterocycles. The number of halogens is 1. The lowest BCUT2D eigenvalue weighted by Gasteiger charge is -2.25. The van der Waals surface area contributed by atoms with Gasteiger partial charge in [0.05, 0.1) is 7.11 Å². The van der Waals surface area contributed by atoms with Crippen LogP contribution in [0.1, 0.15) is 57.8 Å². The highest BCUT2D eigenvalue weighted by Crippen LogP contribution is 2.27. The number of ether oxygens (including phenoxy) is 1. The molecule has 0 radical (unpaired) electrons. The van der Waals surface area contributed by atoms with Gasteiger partial charge in [0.15, 0.2) is 11.6 Å². The number of anilines is 4. The molecule has 1 aromatic heterocycles. The van der Waals surface area contributed by atoms with Gasteiger partial charge in [-0.1, -0.05) is 31.4 Å². The van der Waals surface area contributed by atoms with Crippen molar-refractivity contribution in [3.8, 4) is 5.75 Å². The van der Waals surface area contributed by atoms with Crippen molar-refractivity contribution in [1.29, 1.82) is 0 Å². The van der Waals surface area contributed by atoms with Crippen LogP contribution in [-0.4, -0.2) is 34.6 Å². The molecule has 0 bridgehead atoms. The maximum atomic E-state index is 14.1. The molecule has 1 unspecified atom stereocenters. The Morgan fingerprint density at radius 2 is 1.81 bits per heavy atom. The van der Waals surface area contributed by atoms with Crippen molar-refractivity contribution in [3.05, 3.63) is 36.2 Å². The van der Waals surface area contributed by atoms with E-state index in [0.29, 0.717) is 29.5 Å². The third-order valence-corrected chi connectivity index (χ3v) is 6.27. The first-order valence-corrected chi connectivity index (χ1v) is 11.6. The number of hydrogen-bond donors (Lipinski definition) is 3. The summed E-state index contributed by atoms with van der Waals surface area (Å²) in [4.78, 5) is 13.7. The number of rotatable bonds is 8. The van der Waals surface area contributed by atoms with Crippen molar-refractivity contribution in [1.82, 2.24) is 15.0 Å². The van der Waals surface area contributed by atoms with Crippen LogP contribution in [0.5, 0.6) is 5.75 Å². The highest BCUT2D eigenvalue weighted by atomic mass is 19.1. The highest BCUT2D eigenvalue weighted by molar-refractivity contribution is 5.57. The van der Waals surface area contributed by atoms with Gasteiger partial charge >= 0.3 is 0 Å². The Balaban J connectivity index is 1.51. The van der Waals surface area contributed by atoms with E-state index in [4.69, 9.17) is 4.74 Å². The quantitative estimate of drug-likeness (QED) is 0.456. The van der Waals surface area contributed by atoms with E-state index in [1.54, 1.807) is 12.1 Å². The Bertz CT molecular complexity index is 931. The molecule has 0 amide bonds. The minimum atomic E-state index is -0.443. The molecule has 2 aliphatic rings. The Kier molecular flexibility index (Phi) is 7.39. The number of nitrogens with zero attached hydrogens (tertiary/aromatic N) is 3. The molecule has 1 aromatic carbocycles. The molecule has 3 N–H and O–H groups in total. The van der Waals surface area contributed by atoms with E-state index in [9.17, 15) is 4.39 Å². The molecule has 0 aliphatic heterocycles. The summed E-state index contributed by atoms with van der Waals surface area (Å²) in [5.74, 6) is 1.81. The molecule has 0 saturated heterocycles. The zero-order chi connectivity index (χ0) is 22.3. The second-order valence-electron chi connectivity index (χ2n) is 8.85. The largest absolute Gasteiger partial charge is 0.494 e. The van der Waals surface area contributed by atoms with Crippen molar-refractivity contribution >= 4 is 23.5 Å². The fourth-order valence-electron chi connectivity index (χ4n) is 4.53. The lowest BCUT2D eigenvalue weighted by molar-refractivity contribution is 0.373. The molecule has 0 spiro atoms. The maximum absolute atomic E-state index is 14.1. The smallest absolute Gasteiger partial charge is 0.233 e. The predicted octanol–water partition coefficient (Wildman–Crippen LogP) is 5.67. The summed E-state index contributed by atoms with van der Waals surface area (Å²) in [5.41, 5.74) is 1.80. The first-order chi connectivity index (χ1) is 15.6. The topological polar surface area (TPSA) is 84.0 Å². The minimum absolute atomic E-state index is 0.195. The summed E-state index contributed by atoms with van der Waals surface area (Å²) in [6.45, 7) is 4.98. The molecule has 2 aromatic rings. The molecule has 32 heavy (non-hydrogen) atoms. The number of hydrogen-bond acceptors (Lipinski definition) is 7. The summed E-state index contributed by atoms with van der Waals surface area (Å²) in [5, 5.41) is 9.96. The summed E-state index contributed by atoms with van der Waals surface area (Å²) >= 11 is 0. The normalized spacial score (nSPS) is 19.4. The average Bonchev–Trinajstić information content (AvgIpc) is 2.78. The first kappa shape index (κ1) is 22.3. The van der Waals surface area contributed by atoms with Crippen LogP contribution < -0.4 is 20.7 Å².